The molecule has 182 valence electrons. The van der Waals surface area contributed by atoms with Gasteiger partial charge in [-0.3, -0.25) is 9.69 Å². The number of benzene rings is 2. The minimum absolute atomic E-state index is 0.000242. The van der Waals surface area contributed by atoms with Crippen LogP contribution in [0, 0.1) is 6.92 Å². The third-order valence-electron chi connectivity index (χ3n) is 7.33. The number of hydrogen-bond donors (Lipinski definition) is 1. The molecule has 0 amide bonds. The van der Waals surface area contributed by atoms with Crippen molar-refractivity contribution in [2.45, 2.75) is 77.5 Å². The number of aromatic nitrogens is 5. The molecule has 2 heterocycles. The van der Waals surface area contributed by atoms with Gasteiger partial charge in [0, 0.05) is 18.7 Å². The van der Waals surface area contributed by atoms with Crippen LogP contribution < -0.4 is 5.56 Å². The number of hydrogen-bond acceptors (Lipinski definition) is 5. The Bertz CT molecular complexity index is 1320. The number of fused-ring (bicyclic) bond motifs is 1. The number of tetrazole rings is 1. The summed E-state index contributed by atoms with van der Waals surface area (Å²) in [4.78, 5) is 18.6. The van der Waals surface area contributed by atoms with Crippen molar-refractivity contribution >= 4 is 10.9 Å². The number of pyridine rings is 1. The fraction of sp³-hybridized carbons (Fsp3) is 0.429. The first kappa shape index (κ1) is 23.4. The summed E-state index contributed by atoms with van der Waals surface area (Å²) in [5, 5.41) is 14.1. The van der Waals surface area contributed by atoms with Gasteiger partial charge in [0.05, 0.1) is 17.6 Å². The van der Waals surface area contributed by atoms with Gasteiger partial charge in [-0.1, -0.05) is 74.7 Å². The van der Waals surface area contributed by atoms with Crippen molar-refractivity contribution in [2.24, 2.45) is 0 Å². The Balaban J connectivity index is 1.52. The molecule has 0 radical (unpaired) electrons. The Morgan fingerprint density at radius 1 is 1.06 bits per heavy atom. The predicted molar refractivity (Wildman–Crippen MR) is 138 cm³/mol. The van der Waals surface area contributed by atoms with Crippen LogP contribution in [-0.4, -0.2) is 30.1 Å². The van der Waals surface area contributed by atoms with Crippen molar-refractivity contribution in [3.8, 4) is 0 Å². The summed E-state index contributed by atoms with van der Waals surface area (Å²) in [5.74, 6) is 0.906. The maximum atomic E-state index is 13.2. The summed E-state index contributed by atoms with van der Waals surface area (Å²) in [5.41, 5.74) is 3.91. The highest BCUT2D eigenvalue weighted by Crippen LogP contribution is 2.32. The molecule has 2 aromatic carbocycles. The number of H-pyrrole nitrogens is 1. The van der Waals surface area contributed by atoms with Crippen LogP contribution in [0.2, 0.25) is 0 Å². The van der Waals surface area contributed by atoms with Gasteiger partial charge >= 0.3 is 0 Å². The van der Waals surface area contributed by atoms with Crippen molar-refractivity contribution in [3.05, 3.63) is 87.5 Å². The second kappa shape index (κ2) is 10.5. The summed E-state index contributed by atoms with van der Waals surface area (Å²) >= 11 is 0. The highest BCUT2D eigenvalue weighted by atomic mass is 16.1. The predicted octanol–water partition coefficient (Wildman–Crippen LogP) is 5.48. The van der Waals surface area contributed by atoms with Crippen molar-refractivity contribution in [3.63, 3.8) is 0 Å². The van der Waals surface area contributed by atoms with Gasteiger partial charge in [-0.15, -0.1) is 5.10 Å². The van der Waals surface area contributed by atoms with Gasteiger partial charge in [0.15, 0.2) is 5.82 Å². The molecule has 35 heavy (non-hydrogen) atoms. The van der Waals surface area contributed by atoms with Crippen LogP contribution in [0.4, 0.5) is 0 Å². The van der Waals surface area contributed by atoms with E-state index in [1.54, 1.807) is 0 Å². The summed E-state index contributed by atoms with van der Waals surface area (Å²) in [7, 11) is 0. The van der Waals surface area contributed by atoms with Gasteiger partial charge in [0.2, 0.25) is 0 Å². The zero-order valence-electron chi connectivity index (χ0n) is 20.7. The first-order chi connectivity index (χ1) is 17.1. The molecule has 7 nitrogen and oxygen atoms in total. The number of rotatable bonds is 8. The molecule has 1 fully saturated rings. The Kier molecular flexibility index (Phi) is 7.04. The molecule has 2 aromatic heterocycles. The number of nitrogens with one attached hydrogen (secondary N) is 1. The fourth-order valence-corrected chi connectivity index (χ4v) is 5.47. The largest absolute Gasteiger partial charge is 0.321 e. The standard InChI is InChI=1S/C28H34N6O/c1-3-25(27-30-31-32-34(27)24-15-8-5-9-16-24)33(18-21-12-6-4-7-13-21)19-23-17-22-14-10-11-20(2)26(22)29-28(23)35/h4,6-7,10-14,17,24-25H,3,5,8-9,15-16,18-19H2,1-2H3,(H,29,35)/t25-/m0/s1. The van der Waals surface area contributed by atoms with Crippen LogP contribution in [0.3, 0.4) is 0 Å². The molecule has 0 spiro atoms. The molecule has 0 unspecified atom stereocenters. The quantitative estimate of drug-likeness (QED) is 0.369. The van der Waals surface area contributed by atoms with E-state index in [1.807, 2.05) is 31.2 Å². The van der Waals surface area contributed by atoms with E-state index in [2.05, 4.69) is 67.3 Å². The molecular weight excluding hydrogens is 436 g/mol. The van der Waals surface area contributed by atoms with Gasteiger partial charge in [-0.2, -0.15) is 0 Å². The number of aryl methyl sites for hydroxylation is 1. The molecule has 0 bridgehead atoms. The number of aromatic amines is 1. The second-order valence-electron chi connectivity index (χ2n) is 9.75. The van der Waals surface area contributed by atoms with Gasteiger partial charge in [0.25, 0.3) is 5.56 Å². The average Bonchev–Trinajstić information content (AvgIpc) is 3.36. The SMILES string of the molecule is CC[C@@H](c1nnnn1C1CCCCC1)N(Cc1ccccc1)Cc1cc2cccc(C)c2[nH]c1=O. The molecule has 1 aliphatic carbocycles. The van der Waals surface area contributed by atoms with Gasteiger partial charge in [0.1, 0.15) is 0 Å². The maximum absolute atomic E-state index is 13.2. The number of para-hydroxylation sites is 1. The second-order valence-corrected chi connectivity index (χ2v) is 9.75. The van der Waals surface area contributed by atoms with E-state index in [4.69, 9.17) is 0 Å². The molecule has 1 atom stereocenters. The zero-order valence-corrected chi connectivity index (χ0v) is 20.7. The van der Waals surface area contributed by atoms with E-state index in [9.17, 15) is 4.79 Å². The van der Waals surface area contributed by atoms with Crippen LogP contribution in [0.15, 0.2) is 59.4 Å². The lowest BCUT2D eigenvalue weighted by Crippen LogP contribution is -2.33. The van der Waals surface area contributed by atoms with E-state index in [1.165, 1.54) is 24.8 Å². The lowest BCUT2D eigenvalue weighted by molar-refractivity contribution is 0.155. The minimum atomic E-state index is -0.0356. The highest BCUT2D eigenvalue weighted by molar-refractivity contribution is 5.81. The van der Waals surface area contributed by atoms with Crippen LogP contribution in [0.1, 0.15) is 80.0 Å². The Labute approximate surface area is 206 Å². The molecule has 1 saturated carbocycles. The molecule has 0 saturated heterocycles. The molecule has 5 rings (SSSR count). The molecule has 1 N–H and O–H groups in total. The first-order valence-corrected chi connectivity index (χ1v) is 12.8. The first-order valence-electron chi connectivity index (χ1n) is 12.8. The zero-order chi connectivity index (χ0) is 24.2. The summed E-state index contributed by atoms with van der Waals surface area (Å²) in [6, 6.07) is 18.9. The van der Waals surface area contributed by atoms with Crippen molar-refractivity contribution < 1.29 is 0 Å². The van der Waals surface area contributed by atoms with Crippen LogP contribution in [-0.2, 0) is 13.1 Å². The molecular formula is C28H34N6O. The topological polar surface area (TPSA) is 79.7 Å². The highest BCUT2D eigenvalue weighted by Gasteiger charge is 2.29. The van der Waals surface area contributed by atoms with Gasteiger partial charge in [-0.25, -0.2) is 4.68 Å². The van der Waals surface area contributed by atoms with E-state index >= 15 is 0 Å². The van der Waals surface area contributed by atoms with Crippen LogP contribution >= 0.6 is 0 Å². The van der Waals surface area contributed by atoms with E-state index < -0.39 is 0 Å². The van der Waals surface area contributed by atoms with E-state index in [-0.39, 0.29) is 11.6 Å². The van der Waals surface area contributed by atoms with Crippen LogP contribution in [0.5, 0.6) is 0 Å². The Hall–Kier alpha value is -3.32. The van der Waals surface area contributed by atoms with Crippen LogP contribution in [0.25, 0.3) is 10.9 Å². The third-order valence-corrected chi connectivity index (χ3v) is 7.33. The lowest BCUT2D eigenvalue weighted by Gasteiger charge is -2.32. The molecule has 4 aromatic rings. The van der Waals surface area contributed by atoms with Gasteiger partial charge in [-0.05, 0) is 59.2 Å². The summed E-state index contributed by atoms with van der Waals surface area (Å²) < 4.78 is 2.07. The number of nitrogens with zero attached hydrogens (tertiary/aromatic N) is 5. The fourth-order valence-electron chi connectivity index (χ4n) is 5.47. The minimum Gasteiger partial charge on any atom is -0.321 e. The average molecular weight is 471 g/mol. The summed E-state index contributed by atoms with van der Waals surface area (Å²) in [6.45, 7) is 5.43. The van der Waals surface area contributed by atoms with Crippen molar-refractivity contribution in [2.75, 3.05) is 0 Å². The maximum Gasteiger partial charge on any atom is 0.252 e. The molecule has 7 heteroatoms. The Morgan fingerprint density at radius 3 is 2.63 bits per heavy atom. The summed E-state index contributed by atoms with van der Waals surface area (Å²) in [6.07, 6.45) is 6.83. The molecule has 0 aliphatic heterocycles. The van der Waals surface area contributed by atoms with E-state index in [0.717, 1.165) is 47.1 Å². The van der Waals surface area contributed by atoms with Crippen molar-refractivity contribution in [1.29, 1.82) is 0 Å². The lowest BCUT2D eigenvalue weighted by atomic mass is 9.95. The van der Waals surface area contributed by atoms with Crippen molar-refractivity contribution in [1.82, 2.24) is 30.1 Å². The molecule has 1 aliphatic rings. The monoisotopic (exact) mass is 470 g/mol. The normalized spacial score (nSPS) is 15.6. The van der Waals surface area contributed by atoms with Gasteiger partial charge < -0.3 is 4.98 Å². The smallest absolute Gasteiger partial charge is 0.252 e. The van der Waals surface area contributed by atoms with E-state index in [0.29, 0.717) is 19.1 Å². The third kappa shape index (κ3) is 5.05. The Morgan fingerprint density at radius 2 is 1.86 bits per heavy atom.